The number of hydrogen-bond donors (Lipinski definition) is 1. The van der Waals surface area contributed by atoms with Gasteiger partial charge in [0.05, 0.1) is 18.4 Å². The van der Waals surface area contributed by atoms with Gasteiger partial charge in [0.2, 0.25) is 0 Å². The van der Waals surface area contributed by atoms with Crippen LogP contribution < -0.4 is 10.1 Å². The van der Waals surface area contributed by atoms with E-state index in [2.05, 4.69) is 31.3 Å². The van der Waals surface area contributed by atoms with Crippen molar-refractivity contribution in [2.24, 2.45) is 0 Å². The lowest BCUT2D eigenvalue weighted by atomic mass is 10.2. The number of halogens is 1. The zero-order chi connectivity index (χ0) is 16.2. The SMILES string of the molecule is COc1ccc(Br)c(C(=O)Nc2ccc(-n3cncn3)cc2)c1. The second-order valence-corrected chi connectivity index (χ2v) is 5.54. The summed E-state index contributed by atoms with van der Waals surface area (Å²) in [6, 6.07) is 12.6. The first-order chi connectivity index (χ1) is 11.2. The molecule has 1 amide bonds. The van der Waals surface area contributed by atoms with E-state index >= 15 is 0 Å². The minimum Gasteiger partial charge on any atom is -0.497 e. The molecule has 0 aliphatic rings. The molecule has 116 valence electrons. The lowest BCUT2D eigenvalue weighted by molar-refractivity contribution is 0.102. The zero-order valence-electron chi connectivity index (χ0n) is 12.2. The molecule has 0 aliphatic heterocycles. The van der Waals surface area contributed by atoms with Crippen LogP contribution in [0.3, 0.4) is 0 Å². The molecule has 3 aromatic rings. The van der Waals surface area contributed by atoms with Crippen molar-refractivity contribution in [1.82, 2.24) is 14.8 Å². The normalized spacial score (nSPS) is 10.3. The number of methoxy groups -OCH3 is 1. The fourth-order valence-electron chi connectivity index (χ4n) is 2.04. The Balaban J connectivity index is 1.78. The van der Waals surface area contributed by atoms with Gasteiger partial charge in [-0.15, -0.1) is 0 Å². The van der Waals surface area contributed by atoms with E-state index < -0.39 is 0 Å². The lowest BCUT2D eigenvalue weighted by Gasteiger charge is -2.09. The van der Waals surface area contributed by atoms with Crippen LogP contribution in [0.1, 0.15) is 10.4 Å². The number of carbonyl (C=O) groups is 1. The standard InChI is InChI=1S/C16H13BrN4O2/c1-23-13-6-7-15(17)14(8-13)16(22)20-11-2-4-12(5-3-11)21-10-18-9-19-21/h2-10H,1H3,(H,20,22). The molecule has 1 aromatic heterocycles. The molecule has 1 heterocycles. The Bertz CT molecular complexity index is 817. The molecule has 0 fully saturated rings. The first kappa shape index (κ1) is 15.2. The molecule has 23 heavy (non-hydrogen) atoms. The summed E-state index contributed by atoms with van der Waals surface area (Å²) < 4.78 is 7.50. The number of aromatic nitrogens is 3. The molecule has 0 radical (unpaired) electrons. The summed E-state index contributed by atoms with van der Waals surface area (Å²) in [5, 5.41) is 6.91. The molecular formula is C16H13BrN4O2. The minimum atomic E-state index is -0.218. The van der Waals surface area contributed by atoms with Crippen LogP contribution in [0.5, 0.6) is 5.75 Å². The maximum atomic E-state index is 12.4. The van der Waals surface area contributed by atoms with Crippen LogP contribution in [0.25, 0.3) is 5.69 Å². The molecular weight excluding hydrogens is 360 g/mol. The minimum absolute atomic E-state index is 0.218. The fraction of sp³-hybridized carbons (Fsp3) is 0.0625. The number of ether oxygens (including phenoxy) is 1. The third-order valence-corrected chi connectivity index (χ3v) is 3.92. The van der Waals surface area contributed by atoms with Crippen LogP contribution in [0, 0.1) is 0 Å². The van der Waals surface area contributed by atoms with Gasteiger partial charge in [-0.1, -0.05) is 0 Å². The maximum Gasteiger partial charge on any atom is 0.256 e. The summed E-state index contributed by atoms with van der Waals surface area (Å²) in [4.78, 5) is 16.3. The van der Waals surface area contributed by atoms with Crippen LogP contribution in [-0.4, -0.2) is 27.8 Å². The number of benzene rings is 2. The molecule has 0 saturated heterocycles. The number of carbonyl (C=O) groups excluding carboxylic acids is 1. The van der Waals surface area contributed by atoms with Crippen molar-refractivity contribution in [3.05, 3.63) is 65.2 Å². The second kappa shape index (κ2) is 6.62. The predicted octanol–water partition coefficient (Wildman–Crippen LogP) is 3.29. The number of nitrogens with one attached hydrogen (secondary N) is 1. The molecule has 7 heteroatoms. The van der Waals surface area contributed by atoms with Gasteiger partial charge in [-0.2, -0.15) is 5.10 Å². The third kappa shape index (κ3) is 3.40. The van der Waals surface area contributed by atoms with Gasteiger partial charge >= 0.3 is 0 Å². The third-order valence-electron chi connectivity index (χ3n) is 3.23. The van der Waals surface area contributed by atoms with Gasteiger partial charge in [0.15, 0.2) is 0 Å². The summed E-state index contributed by atoms with van der Waals surface area (Å²) in [7, 11) is 1.56. The molecule has 1 N–H and O–H groups in total. The van der Waals surface area contributed by atoms with Gasteiger partial charge < -0.3 is 10.1 Å². The highest BCUT2D eigenvalue weighted by molar-refractivity contribution is 9.10. The van der Waals surface area contributed by atoms with Crippen LogP contribution >= 0.6 is 15.9 Å². The quantitative estimate of drug-likeness (QED) is 0.762. The largest absolute Gasteiger partial charge is 0.497 e. The molecule has 6 nitrogen and oxygen atoms in total. The monoisotopic (exact) mass is 372 g/mol. The van der Waals surface area contributed by atoms with Crippen molar-refractivity contribution in [3.8, 4) is 11.4 Å². The number of hydrogen-bond acceptors (Lipinski definition) is 4. The highest BCUT2D eigenvalue weighted by Gasteiger charge is 2.12. The van der Waals surface area contributed by atoms with Crippen LogP contribution in [0.2, 0.25) is 0 Å². The van der Waals surface area contributed by atoms with E-state index in [1.54, 1.807) is 36.3 Å². The Morgan fingerprint density at radius 1 is 1.22 bits per heavy atom. The Morgan fingerprint density at radius 3 is 2.65 bits per heavy atom. The molecule has 0 saturated carbocycles. The molecule has 3 rings (SSSR count). The van der Waals surface area contributed by atoms with Crippen LogP contribution in [-0.2, 0) is 0 Å². The van der Waals surface area contributed by atoms with Crippen molar-refractivity contribution in [2.75, 3.05) is 12.4 Å². The van der Waals surface area contributed by atoms with E-state index in [9.17, 15) is 4.79 Å². The number of nitrogens with zero attached hydrogens (tertiary/aromatic N) is 3. The van der Waals surface area contributed by atoms with Crippen molar-refractivity contribution in [2.45, 2.75) is 0 Å². The van der Waals surface area contributed by atoms with E-state index in [1.165, 1.54) is 6.33 Å². The summed E-state index contributed by atoms with van der Waals surface area (Å²) >= 11 is 3.38. The summed E-state index contributed by atoms with van der Waals surface area (Å²) in [6.07, 6.45) is 3.08. The Labute approximate surface area is 141 Å². The maximum absolute atomic E-state index is 12.4. The average molecular weight is 373 g/mol. The van der Waals surface area contributed by atoms with E-state index in [-0.39, 0.29) is 5.91 Å². The van der Waals surface area contributed by atoms with Gasteiger partial charge in [-0.25, -0.2) is 9.67 Å². The molecule has 0 spiro atoms. The van der Waals surface area contributed by atoms with Crippen molar-refractivity contribution >= 4 is 27.5 Å². The van der Waals surface area contributed by atoms with E-state index in [4.69, 9.17) is 4.74 Å². The molecule has 0 unspecified atom stereocenters. The van der Waals surface area contributed by atoms with Crippen LogP contribution in [0.15, 0.2) is 59.6 Å². The van der Waals surface area contributed by atoms with Crippen LogP contribution in [0.4, 0.5) is 5.69 Å². The Kier molecular flexibility index (Phi) is 4.38. The molecule has 0 atom stereocenters. The molecule has 2 aromatic carbocycles. The summed E-state index contributed by atoms with van der Waals surface area (Å²) in [5.41, 5.74) is 2.06. The topological polar surface area (TPSA) is 69.0 Å². The smallest absolute Gasteiger partial charge is 0.256 e. The Hall–Kier alpha value is -2.67. The highest BCUT2D eigenvalue weighted by Crippen LogP contribution is 2.23. The molecule has 0 aliphatic carbocycles. The lowest BCUT2D eigenvalue weighted by Crippen LogP contribution is -2.12. The van der Waals surface area contributed by atoms with Gasteiger partial charge in [0.1, 0.15) is 18.4 Å². The Morgan fingerprint density at radius 2 is 2.00 bits per heavy atom. The number of rotatable bonds is 4. The van der Waals surface area contributed by atoms with Crippen molar-refractivity contribution < 1.29 is 9.53 Å². The molecule has 0 bridgehead atoms. The first-order valence-electron chi connectivity index (χ1n) is 6.77. The summed E-state index contributed by atoms with van der Waals surface area (Å²) in [6.45, 7) is 0. The number of anilines is 1. The van der Waals surface area contributed by atoms with Gasteiger partial charge in [-0.05, 0) is 58.4 Å². The first-order valence-corrected chi connectivity index (χ1v) is 7.56. The van der Waals surface area contributed by atoms with Crippen molar-refractivity contribution in [3.63, 3.8) is 0 Å². The van der Waals surface area contributed by atoms with Gasteiger partial charge in [0.25, 0.3) is 5.91 Å². The highest BCUT2D eigenvalue weighted by atomic mass is 79.9. The van der Waals surface area contributed by atoms with E-state index in [1.807, 2.05) is 24.3 Å². The van der Waals surface area contributed by atoms with E-state index in [0.29, 0.717) is 21.5 Å². The second-order valence-electron chi connectivity index (χ2n) is 4.69. The zero-order valence-corrected chi connectivity index (χ0v) is 13.8. The van der Waals surface area contributed by atoms with Crippen molar-refractivity contribution in [1.29, 1.82) is 0 Å². The van der Waals surface area contributed by atoms with Gasteiger partial charge in [0, 0.05) is 10.2 Å². The average Bonchev–Trinajstić information content (AvgIpc) is 3.10. The number of amides is 1. The summed E-state index contributed by atoms with van der Waals surface area (Å²) in [5.74, 6) is 0.407. The van der Waals surface area contributed by atoms with Gasteiger partial charge in [-0.3, -0.25) is 4.79 Å². The van der Waals surface area contributed by atoms with E-state index in [0.717, 1.165) is 5.69 Å². The fourth-order valence-corrected chi connectivity index (χ4v) is 2.47. The predicted molar refractivity (Wildman–Crippen MR) is 90.0 cm³/mol.